The molecule has 0 fully saturated rings. The van der Waals surface area contributed by atoms with E-state index in [9.17, 15) is 5.11 Å². The van der Waals surface area contributed by atoms with Gasteiger partial charge in [0.15, 0.2) is 11.5 Å². The van der Waals surface area contributed by atoms with Crippen LogP contribution in [-0.4, -0.2) is 16.7 Å². The Kier molecular flexibility index (Phi) is 4.07. The van der Waals surface area contributed by atoms with E-state index >= 15 is 0 Å². The summed E-state index contributed by atoms with van der Waals surface area (Å²) in [5.41, 5.74) is 5.91. The Hall–Kier alpha value is -2.43. The van der Waals surface area contributed by atoms with Crippen molar-refractivity contribution in [3.05, 3.63) is 36.5 Å². The average molecular weight is 260 g/mol. The molecule has 0 unspecified atom stereocenters. The lowest BCUT2D eigenvalue weighted by atomic mass is 10.3. The molecule has 0 amide bonds. The number of aromatic hydroxyl groups is 1. The quantitative estimate of drug-likeness (QED) is 0.638. The largest absolute Gasteiger partial charge is 0.506 e. The van der Waals surface area contributed by atoms with Crippen LogP contribution in [0.3, 0.4) is 0 Å². The SMILES string of the molecule is CCCOc1cccnc1Oc1cccc(O)c1N. The van der Waals surface area contributed by atoms with E-state index in [1.807, 2.05) is 6.92 Å². The van der Waals surface area contributed by atoms with Crippen molar-refractivity contribution >= 4 is 5.69 Å². The molecule has 0 aliphatic heterocycles. The number of anilines is 1. The van der Waals surface area contributed by atoms with Crippen molar-refractivity contribution in [1.29, 1.82) is 0 Å². The summed E-state index contributed by atoms with van der Waals surface area (Å²) in [5.74, 6) is 1.20. The zero-order chi connectivity index (χ0) is 13.7. The zero-order valence-electron chi connectivity index (χ0n) is 10.7. The van der Waals surface area contributed by atoms with Gasteiger partial charge in [0.2, 0.25) is 0 Å². The fourth-order valence-electron chi connectivity index (χ4n) is 1.50. The molecule has 1 aromatic heterocycles. The summed E-state index contributed by atoms with van der Waals surface area (Å²) in [4.78, 5) is 4.11. The van der Waals surface area contributed by atoms with Crippen molar-refractivity contribution in [2.45, 2.75) is 13.3 Å². The highest BCUT2D eigenvalue weighted by atomic mass is 16.5. The van der Waals surface area contributed by atoms with Crippen LogP contribution in [-0.2, 0) is 0 Å². The van der Waals surface area contributed by atoms with Crippen molar-refractivity contribution in [2.24, 2.45) is 0 Å². The number of ether oxygens (including phenoxy) is 2. The van der Waals surface area contributed by atoms with Gasteiger partial charge in [0.25, 0.3) is 5.88 Å². The van der Waals surface area contributed by atoms with Crippen LogP contribution in [0.1, 0.15) is 13.3 Å². The second kappa shape index (κ2) is 5.95. The molecule has 0 aliphatic carbocycles. The van der Waals surface area contributed by atoms with E-state index in [1.54, 1.807) is 30.5 Å². The second-order valence-electron chi connectivity index (χ2n) is 3.95. The van der Waals surface area contributed by atoms with Gasteiger partial charge in [-0.25, -0.2) is 4.98 Å². The van der Waals surface area contributed by atoms with E-state index in [2.05, 4.69) is 4.98 Å². The fourth-order valence-corrected chi connectivity index (χ4v) is 1.50. The van der Waals surface area contributed by atoms with Crippen molar-refractivity contribution in [2.75, 3.05) is 12.3 Å². The fraction of sp³-hybridized carbons (Fsp3) is 0.214. The number of rotatable bonds is 5. The number of phenolic OH excluding ortho intramolecular Hbond substituents is 1. The molecular weight excluding hydrogens is 244 g/mol. The minimum absolute atomic E-state index is 0.0237. The van der Waals surface area contributed by atoms with E-state index in [1.165, 1.54) is 6.07 Å². The number of nitrogens with zero attached hydrogens (tertiary/aromatic N) is 1. The Morgan fingerprint density at radius 2 is 2.00 bits per heavy atom. The first kappa shape index (κ1) is 13.0. The smallest absolute Gasteiger partial charge is 0.262 e. The monoisotopic (exact) mass is 260 g/mol. The second-order valence-corrected chi connectivity index (χ2v) is 3.95. The summed E-state index contributed by atoms with van der Waals surface area (Å²) >= 11 is 0. The van der Waals surface area contributed by atoms with Crippen LogP contribution in [0.15, 0.2) is 36.5 Å². The van der Waals surface area contributed by atoms with E-state index < -0.39 is 0 Å². The number of phenols is 1. The number of pyridine rings is 1. The van der Waals surface area contributed by atoms with Gasteiger partial charge in [0, 0.05) is 6.20 Å². The molecule has 1 aromatic carbocycles. The van der Waals surface area contributed by atoms with Crippen LogP contribution in [0.4, 0.5) is 5.69 Å². The first-order valence-corrected chi connectivity index (χ1v) is 6.05. The van der Waals surface area contributed by atoms with Crippen molar-refractivity contribution in [3.63, 3.8) is 0 Å². The van der Waals surface area contributed by atoms with Crippen LogP contribution in [0, 0.1) is 0 Å². The van der Waals surface area contributed by atoms with Crippen molar-refractivity contribution in [1.82, 2.24) is 4.98 Å². The minimum atomic E-state index is -0.0237. The maximum Gasteiger partial charge on any atom is 0.262 e. The molecule has 0 spiro atoms. The molecule has 2 rings (SSSR count). The van der Waals surface area contributed by atoms with Gasteiger partial charge in [-0.05, 0) is 30.7 Å². The summed E-state index contributed by atoms with van der Waals surface area (Å²) in [7, 11) is 0. The lowest BCUT2D eigenvalue weighted by Crippen LogP contribution is -2.00. The summed E-state index contributed by atoms with van der Waals surface area (Å²) < 4.78 is 11.1. The summed E-state index contributed by atoms with van der Waals surface area (Å²) in [6, 6.07) is 8.35. The Balaban J connectivity index is 2.25. The van der Waals surface area contributed by atoms with Gasteiger partial charge in [-0.15, -0.1) is 0 Å². The normalized spacial score (nSPS) is 10.2. The number of benzene rings is 1. The lowest BCUT2D eigenvalue weighted by molar-refractivity contribution is 0.298. The molecule has 0 saturated carbocycles. The molecule has 19 heavy (non-hydrogen) atoms. The zero-order valence-corrected chi connectivity index (χ0v) is 10.7. The third kappa shape index (κ3) is 3.07. The standard InChI is InChI=1S/C14H16N2O3/c1-2-9-18-12-7-4-8-16-14(12)19-11-6-3-5-10(17)13(11)15/h3-8,17H,2,9,15H2,1H3. The number of aromatic nitrogens is 1. The lowest BCUT2D eigenvalue weighted by Gasteiger charge is -2.12. The Labute approximate surface area is 111 Å². The maximum absolute atomic E-state index is 9.53. The van der Waals surface area contributed by atoms with Crippen LogP contribution in [0.25, 0.3) is 0 Å². The van der Waals surface area contributed by atoms with Gasteiger partial charge in [-0.3, -0.25) is 0 Å². The van der Waals surface area contributed by atoms with Crippen molar-refractivity contribution < 1.29 is 14.6 Å². The number of nitrogens with two attached hydrogens (primary N) is 1. The summed E-state index contributed by atoms with van der Waals surface area (Å²) in [6.45, 7) is 2.60. The molecule has 0 aliphatic rings. The van der Waals surface area contributed by atoms with E-state index in [0.29, 0.717) is 24.0 Å². The average Bonchev–Trinajstić information content (AvgIpc) is 2.43. The third-order valence-electron chi connectivity index (χ3n) is 2.45. The number of hydrogen-bond acceptors (Lipinski definition) is 5. The van der Waals surface area contributed by atoms with Gasteiger partial charge >= 0.3 is 0 Å². The highest BCUT2D eigenvalue weighted by Gasteiger charge is 2.11. The number of hydrogen-bond donors (Lipinski definition) is 2. The molecule has 5 nitrogen and oxygen atoms in total. The number of nitrogen functional groups attached to an aromatic ring is 1. The Morgan fingerprint density at radius 1 is 1.21 bits per heavy atom. The molecule has 100 valence electrons. The van der Waals surface area contributed by atoms with Crippen LogP contribution >= 0.6 is 0 Å². The predicted molar refractivity (Wildman–Crippen MR) is 72.6 cm³/mol. The van der Waals surface area contributed by atoms with E-state index in [0.717, 1.165) is 6.42 Å². The third-order valence-corrected chi connectivity index (χ3v) is 2.45. The van der Waals surface area contributed by atoms with Gasteiger partial charge < -0.3 is 20.3 Å². The predicted octanol–water partition coefficient (Wildman–Crippen LogP) is 2.95. The molecule has 2 aromatic rings. The summed E-state index contributed by atoms with van der Waals surface area (Å²) in [6.07, 6.45) is 2.50. The molecule has 3 N–H and O–H groups in total. The maximum atomic E-state index is 9.53. The van der Waals surface area contributed by atoms with Gasteiger partial charge in [-0.2, -0.15) is 0 Å². The molecular formula is C14H16N2O3. The minimum Gasteiger partial charge on any atom is -0.506 e. The first-order chi connectivity index (χ1) is 9.22. The van der Waals surface area contributed by atoms with E-state index in [4.69, 9.17) is 15.2 Å². The molecule has 0 atom stereocenters. The highest BCUT2D eigenvalue weighted by Crippen LogP contribution is 2.35. The molecule has 0 saturated heterocycles. The Morgan fingerprint density at radius 3 is 2.79 bits per heavy atom. The van der Waals surface area contributed by atoms with Gasteiger partial charge in [-0.1, -0.05) is 13.0 Å². The molecule has 5 heteroatoms. The van der Waals surface area contributed by atoms with E-state index in [-0.39, 0.29) is 11.4 Å². The summed E-state index contributed by atoms with van der Waals surface area (Å²) in [5, 5.41) is 9.53. The van der Waals surface area contributed by atoms with Gasteiger partial charge in [0.05, 0.1) is 6.61 Å². The number of para-hydroxylation sites is 1. The molecule has 0 bridgehead atoms. The topological polar surface area (TPSA) is 77.6 Å². The highest BCUT2D eigenvalue weighted by molar-refractivity contribution is 5.62. The molecule has 1 heterocycles. The van der Waals surface area contributed by atoms with Crippen LogP contribution < -0.4 is 15.2 Å². The van der Waals surface area contributed by atoms with Crippen LogP contribution in [0.2, 0.25) is 0 Å². The van der Waals surface area contributed by atoms with Crippen LogP contribution in [0.5, 0.6) is 23.1 Å². The van der Waals surface area contributed by atoms with Gasteiger partial charge in [0.1, 0.15) is 11.4 Å². The Bertz CT molecular complexity index is 558. The first-order valence-electron chi connectivity index (χ1n) is 6.05. The van der Waals surface area contributed by atoms with Crippen molar-refractivity contribution in [3.8, 4) is 23.1 Å². The molecule has 0 radical (unpaired) electrons.